The monoisotopic (exact) mass is 444 g/mol. The number of hydrogen-bond donors (Lipinski definition) is 1. The smallest absolute Gasteiger partial charge is 0.335 e. The molecule has 0 fully saturated rings. The normalized spacial score (nSPS) is 16.6. The first kappa shape index (κ1) is 22.3. The first-order valence-electron chi connectivity index (χ1n) is 10.8. The fourth-order valence-corrected chi connectivity index (χ4v) is 5.03. The van der Waals surface area contributed by atoms with E-state index in [1.165, 1.54) is 11.1 Å². The van der Waals surface area contributed by atoms with Crippen molar-refractivity contribution in [3.05, 3.63) is 82.7 Å². The minimum atomic E-state index is -0.915. The molecule has 0 bridgehead atoms. The highest BCUT2D eigenvalue weighted by atomic mass is 32.2. The molecule has 0 saturated heterocycles. The summed E-state index contributed by atoms with van der Waals surface area (Å²) < 4.78 is 0. The molecule has 32 heavy (non-hydrogen) atoms. The number of fused-ring (bicyclic) bond motifs is 1. The molecule has 0 spiro atoms. The van der Waals surface area contributed by atoms with Gasteiger partial charge < -0.3 is 5.11 Å². The molecule has 0 aliphatic heterocycles. The molecule has 1 heterocycles. The van der Waals surface area contributed by atoms with E-state index in [9.17, 15) is 4.79 Å². The first-order valence-corrected chi connectivity index (χ1v) is 11.6. The van der Waals surface area contributed by atoms with Gasteiger partial charge in [0.25, 0.3) is 0 Å². The second-order valence-corrected chi connectivity index (χ2v) is 10.6. The third-order valence-corrected chi connectivity index (χ3v) is 7.31. The average Bonchev–Trinajstić information content (AvgIpc) is 2.77. The lowest BCUT2D eigenvalue weighted by Gasteiger charge is -2.42. The van der Waals surface area contributed by atoms with E-state index in [4.69, 9.17) is 5.11 Å². The summed E-state index contributed by atoms with van der Waals surface area (Å²) in [5.74, 6) is -0.915. The Morgan fingerprint density at radius 1 is 0.938 bits per heavy atom. The molecule has 2 aromatic carbocycles. The van der Waals surface area contributed by atoms with Crippen LogP contribution in [-0.4, -0.2) is 21.0 Å². The van der Waals surface area contributed by atoms with Crippen LogP contribution in [0.25, 0.3) is 12.2 Å². The summed E-state index contributed by atoms with van der Waals surface area (Å²) in [6.45, 7) is 9.31. The highest BCUT2D eigenvalue weighted by molar-refractivity contribution is 7.99. The number of carboxylic acids is 1. The van der Waals surface area contributed by atoms with Crippen molar-refractivity contribution in [1.29, 1.82) is 0 Å². The number of aromatic nitrogens is 2. The zero-order valence-electron chi connectivity index (χ0n) is 18.9. The van der Waals surface area contributed by atoms with Gasteiger partial charge in [-0.25, -0.2) is 14.8 Å². The van der Waals surface area contributed by atoms with Crippen LogP contribution >= 0.6 is 11.8 Å². The maximum Gasteiger partial charge on any atom is 0.335 e. The number of aromatic carboxylic acids is 1. The fraction of sp³-hybridized carbons (Fsp3) is 0.296. The summed E-state index contributed by atoms with van der Waals surface area (Å²) in [5.41, 5.74) is 5.39. The predicted octanol–water partition coefficient (Wildman–Crippen LogP) is 6.85. The number of nitrogens with zero attached hydrogens (tertiary/aromatic N) is 2. The Morgan fingerprint density at radius 3 is 2.12 bits per heavy atom. The first-order chi connectivity index (χ1) is 15.2. The summed E-state index contributed by atoms with van der Waals surface area (Å²) in [6.07, 6.45) is 9.98. The molecule has 1 aliphatic carbocycles. The number of rotatable bonds is 5. The highest BCUT2D eigenvalue weighted by Gasteiger charge is 2.37. The van der Waals surface area contributed by atoms with Crippen molar-refractivity contribution in [1.82, 2.24) is 9.97 Å². The van der Waals surface area contributed by atoms with E-state index in [2.05, 4.69) is 55.9 Å². The highest BCUT2D eigenvalue weighted by Crippen LogP contribution is 2.48. The SMILES string of the molecule is CC1(C)CCC(C)(C)c2cc(Sc3ncccn3)c(C=Cc3ccc(C(=O)O)cc3)cc21. The molecule has 4 nitrogen and oxygen atoms in total. The Labute approximate surface area is 193 Å². The van der Waals surface area contributed by atoms with Crippen LogP contribution in [0.1, 0.15) is 73.1 Å². The molecule has 1 aromatic heterocycles. The van der Waals surface area contributed by atoms with Gasteiger partial charge in [-0.3, -0.25) is 0 Å². The third kappa shape index (κ3) is 4.63. The summed E-state index contributed by atoms with van der Waals surface area (Å²) >= 11 is 1.58. The molecule has 0 radical (unpaired) electrons. The summed E-state index contributed by atoms with van der Waals surface area (Å²) in [7, 11) is 0. The number of carbonyl (C=O) groups is 1. The van der Waals surface area contributed by atoms with Gasteiger partial charge in [0.1, 0.15) is 0 Å². The van der Waals surface area contributed by atoms with E-state index < -0.39 is 5.97 Å². The molecule has 0 atom stereocenters. The molecule has 1 N–H and O–H groups in total. The van der Waals surface area contributed by atoms with Gasteiger partial charge in [0.15, 0.2) is 5.16 Å². The molecule has 3 aromatic rings. The van der Waals surface area contributed by atoms with E-state index in [0.29, 0.717) is 0 Å². The van der Waals surface area contributed by atoms with Gasteiger partial charge in [-0.05, 0) is 88.0 Å². The van der Waals surface area contributed by atoms with Crippen LogP contribution in [-0.2, 0) is 10.8 Å². The molecular formula is C27H28N2O2S. The average molecular weight is 445 g/mol. The van der Waals surface area contributed by atoms with Gasteiger partial charge in [-0.2, -0.15) is 0 Å². The molecule has 164 valence electrons. The second kappa shape index (κ2) is 8.55. The molecule has 0 unspecified atom stereocenters. The maximum absolute atomic E-state index is 11.1. The van der Waals surface area contributed by atoms with E-state index in [-0.39, 0.29) is 16.4 Å². The lowest BCUT2D eigenvalue weighted by atomic mass is 9.63. The van der Waals surface area contributed by atoms with Crippen LogP contribution in [0.2, 0.25) is 0 Å². The van der Waals surface area contributed by atoms with E-state index in [0.717, 1.165) is 34.0 Å². The van der Waals surface area contributed by atoms with Crippen molar-refractivity contribution < 1.29 is 9.90 Å². The van der Waals surface area contributed by atoms with Crippen molar-refractivity contribution >= 4 is 29.9 Å². The lowest BCUT2D eigenvalue weighted by Crippen LogP contribution is -2.34. The van der Waals surface area contributed by atoms with Crippen molar-refractivity contribution in [2.24, 2.45) is 0 Å². The zero-order chi connectivity index (χ0) is 22.9. The number of carboxylic acid groups (broad SMARTS) is 1. The number of hydrogen-bond acceptors (Lipinski definition) is 4. The standard InChI is InChI=1S/C27H28N2O2S/c1-26(2)12-13-27(3,4)22-17-23(32-25-28-14-5-15-29-25)20(16-21(22)26)11-8-18-6-9-19(10-7-18)24(30)31/h5-11,14-17H,12-13H2,1-4H3,(H,30,31). The van der Waals surface area contributed by atoms with Crippen LogP contribution < -0.4 is 0 Å². The molecule has 5 heteroatoms. The zero-order valence-corrected chi connectivity index (χ0v) is 19.7. The van der Waals surface area contributed by atoms with Gasteiger partial charge in [0.2, 0.25) is 0 Å². The quantitative estimate of drug-likeness (QED) is 0.344. The number of benzene rings is 2. The van der Waals surface area contributed by atoms with Crippen LogP contribution in [0.15, 0.2) is 64.9 Å². The summed E-state index contributed by atoms with van der Waals surface area (Å²) in [5, 5.41) is 9.85. The van der Waals surface area contributed by atoms with Gasteiger partial charge in [0.05, 0.1) is 5.56 Å². The minimum absolute atomic E-state index is 0.114. The third-order valence-electron chi connectivity index (χ3n) is 6.34. The van der Waals surface area contributed by atoms with Crippen molar-refractivity contribution in [2.75, 3.05) is 0 Å². The topological polar surface area (TPSA) is 63.1 Å². The Bertz CT molecular complexity index is 1170. The van der Waals surface area contributed by atoms with Gasteiger partial charge in [-0.15, -0.1) is 0 Å². The minimum Gasteiger partial charge on any atom is -0.478 e. The maximum atomic E-state index is 11.1. The van der Waals surface area contributed by atoms with Gasteiger partial charge >= 0.3 is 5.97 Å². The van der Waals surface area contributed by atoms with Crippen LogP contribution in [0.5, 0.6) is 0 Å². The molecular weight excluding hydrogens is 416 g/mol. The van der Waals surface area contributed by atoms with E-state index in [1.54, 1.807) is 36.3 Å². The molecule has 4 rings (SSSR count). The van der Waals surface area contributed by atoms with E-state index in [1.807, 2.05) is 24.3 Å². The van der Waals surface area contributed by atoms with E-state index >= 15 is 0 Å². The van der Waals surface area contributed by atoms with Crippen LogP contribution in [0.4, 0.5) is 0 Å². The van der Waals surface area contributed by atoms with Gasteiger partial charge in [0, 0.05) is 17.3 Å². The second-order valence-electron chi connectivity index (χ2n) is 9.60. The largest absolute Gasteiger partial charge is 0.478 e. The molecule has 1 aliphatic rings. The lowest BCUT2D eigenvalue weighted by molar-refractivity contribution is 0.0697. The molecule has 0 saturated carbocycles. The predicted molar refractivity (Wildman–Crippen MR) is 130 cm³/mol. The van der Waals surface area contributed by atoms with Gasteiger partial charge in [-0.1, -0.05) is 52.0 Å². The van der Waals surface area contributed by atoms with Crippen molar-refractivity contribution in [2.45, 2.75) is 61.4 Å². The fourth-order valence-electron chi connectivity index (χ4n) is 4.19. The Kier molecular flexibility index (Phi) is 5.95. The summed E-state index contributed by atoms with van der Waals surface area (Å²) in [4.78, 5) is 21.1. The van der Waals surface area contributed by atoms with Crippen LogP contribution in [0.3, 0.4) is 0 Å². The Balaban J connectivity index is 1.79. The Hall–Kier alpha value is -2.92. The Morgan fingerprint density at radius 2 is 1.53 bits per heavy atom. The summed E-state index contributed by atoms with van der Waals surface area (Å²) in [6, 6.07) is 13.4. The van der Waals surface area contributed by atoms with Crippen LogP contribution in [0, 0.1) is 0 Å². The van der Waals surface area contributed by atoms with Crippen molar-refractivity contribution in [3.8, 4) is 0 Å². The van der Waals surface area contributed by atoms with Crippen molar-refractivity contribution in [3.63, 3.8) is 0 Å². The molecule has 0 amide bonds.